The van der Waals surface area contributed by atoms with Crippen LogP contribution >= 0.6 is 0 Å². The van der Waals surface area contributed by atoms with E-state index >= 15 is 0 Å². The molecule has 2 atom stereocenters. The Morgan fingerprint density at radius 1 is 1.06 bits per heavy atom. The molecule has 1 nitrogen and oxygen atoms in total. The second-order valence-electron chi connectivity index (χ2n) is 5.63. The highest BCUT2D eigenvalue weighted by Crippen LogP contribution is 2.29. The summed E-state index contributed by atoms with van der Waals surface area (Å²) in [4.78, 5) is 0. The van der Waals surface area contributed by atoms with E-state index in [-0.39, 0.29) is 0 Å². The third kappa shape index (κ3) is 3.58. The van der Waals surface area contributed by atoms with Crippen molar-refractivity contribution in [3.05, 3.63) is 35.4 Å². The zero-order chi connectivity index (χ0) is 12.8. The summed E-state index contributed by atoms with van der Waals surface area (Å²) >= 11 is 0. The topological polar surface area (TPSA) is 12.0 Å². The summed E-state index contributed by atoms with van der Waals surface area (Å²) in [6.45, 7) is 5.65. The average molecular weight is 245 g/mol. The van der Waals surface area contributed by atoms with E-state index in [1.165, 1.54) is 49.8 Å². The van der Waals surface area contributed by atoms with Gasteiger partial charge in [0.05, 0.1) is 0 Å². The smallest absolute Gasteiger partial charge is 0.00985 e. The van der Waals surface area contributed by atoms with Gasteiger partial charge in [-0.25, -0.2) is 0 Å². The summed E-state index contributed by atoms with van der Waals surface area (Å²) < 4.78 is 0. The normalized spacial score (nSPS) is 23.4. The average Bonchev–Trinajstić information content (AvgIpc) is 2.84. The van der Waals surface area contributed by atoms with Crippen molar-refractivity contribution < 1.29 is 0 Å². The molecule has 1 aliphatic carbocycles. The van der Waals surface area contributed by atoms with E-state index in [1.807, 2.05) is 0 Å². The largest absolute Gasteiger partial charge is 0.314 e. The standard InChI is InChI=1S/C17H27N/c1-3-12-18-17-7-5-6-16(17)13-15-10-8-14(4-2)9-11-15/h8-11,16-18H,3-7,12-13H2,1-2H3. The van der Waals surface area contributed by atoms with E-state index in [2.05, 4.69) is 43.4 Å². The Morgan fingerprint density at radius 3 is 2.44 bits per heavy atom. The van der Waals surface area contributed by atoms with Crippen LogP contribution in [0.4, 0.5) is 0 Å². The van der Waals surface area contributed by atoms with Gasteiger partial charge in [-0.15, -0.1) is 0 Å². The predicted molar refractivity (Wildman–Crippen MR) is 78.9 cm³/mol. The van der Waals surface area contributed by atoms with Crippen molar-refractivity contribution >= 4 is 0 Å². The van der Waals surface area contributed by atoms with E-state index in [0.717, 1.165) is 18.4 Å². The van der Waals surface area contributed by atoms with Crippen LogP contribution in [-0.2, 0) is 12.8 Å². The fourth-order valence-electron chi connectivity index (χ4n) is 3.09. The molecule has 1 N–H and O–H groups in total. The van der Waals surface area contributed by atoms with Gasteiger partial charge in [-0.2, -0.15) is 0 Å². The van der Waals surface area contributed by atoms with Crippen LogP contribution in [0.3, 0.4) is 0 Å². The Hall–Kier alpha value is -0.820. The maximum absolute atomic E-state index is 3.72. The molecule has 1 heteroatoms. The predicted octanol–water partition coefficient (Wildman–Crippen LogP) is 3.96. The first-order valence-corrected chi connectivity index (χ1v) is 7.64. The van der Waals surface area contributed by atoms with Crippen molar-refractivity contribution in [1.82, 2.24) is 5.32 Å². The molecule has 2 rings (SSSR count). The highest BCUT2D eigenvalue weighted by atomic mass is 14.9. The molecular weight excluding hydrogens is 218 g/mol. The second-order valence-corrected chi connectivity index (χ2v) is 5.63. The third-order valence-electron chi connectivity index (χ3n) is 4.24. The lowest BCUT2D eigenvalue weighted by Gasteiger charge is -2.21. The van der Waals surface area contributed by atoms with E-state index < -0.39 is 0 Å². The Morgan fingerprint density at radius 2 is 1.78 bits per heavy atom. The van der Waals surface area contributed by atoms with Gasteiger partial charge in [0.25, 0.3) is 0 Å². The van der Waals surface area contributed by atoms with Crippen LogP contribution in [0.15, 0.2) is 24.3 Å². The summed E-state index contributed by atoms with van der Waals surface area (Å²) in [5.41, 5.74) is 2.97. The lowest BCUT2D eigenvalue weighted by atomic mass is 9.94. The first-order chi connectivity index (χ1) is 8.83. The van der Waals surface area contributed by atoms with Crippen LogP contribution in [0, 0.1) is 5.92 Å². The molecule has 0 heterocycles. The minimum Gasteiger partial charge on any atom is -0.314 e. The quantitative estimate of drug-likeness (QED) is 0.800. The Balaban J connectivity index is 1.90. The highest BCUT2D eigenvalue weighted by Gasteiger charge is 2.26. The molecule has 0 aliphatic heterocycles. The molecule has 0 amide bonds. The van der Waals surface area contributed by atoms with Crippen molar-refractivity contribution in [1.29, 1.82) is 0 Å². The first-order valence-electron chi connectivity index (χ1n) is 7.64. The van der Waals surface area contributed by atoms with Gasteiger partial charge in [-0.1, -0.05) is 44.5 Å². The van der Waals surface area contributed by atoms with Gasteiger partial charge in [0.1, 0.15) is 0 Å². The van der Waals surface area contributed by atoms with Crippen molar-refractivity contribution in [2.45, 2.75) is 58.4 Å². The molecule has 1 aromatic rings. The van der Waals surface area contributed by atoms with Gasteiger partial charge in [0.15, 0.2) is 0 Å². The molecule has 0 radical (unpaired) electrons. The van der Waals surface area contributed by atoms with Crippen LogP contribution < -0.4 is 5.32 Å². The molecule has 18 heavy (non-hydrogen) atoms. The SMILES string of the molecule is CCCNC1CCCC1Cc1ccc(CC)cc1. The Labute approximate surface area is 112 Å². The number of aryl methyl sites for hydroxylation is 1. The lowest BCUT2D eigenvalue weighted by Crippen LogP contribution is -2.33. The Kier molecular flexibility index (Phi) is 5.25. The Bertz CT molecular complexity index is 341. The van der Waals surface area contributed by atoms with Gasteiger partial charge in [0.2, 0.25) is 0 Å². The fraction of sp³-hybridized carbons (Fsp3) is 0.647. The number of rotatable bonds is 6. The van der Waals surface area contributed by atoms with Crippen molar-refractivity contribution in [2.75, 3.05) is 6.54 Å². The molecule has 1 saturated carbocycles. The minimum atomic E-state index is 0.760. The van der Waals surface area contributed by atoms with Crippen LogP contribution in [0.1, 0.15) is 50.7 Å². The van der Waals surface area contributed by atoms with Gasteiger partial charge in [-0.05, 0) is 55.7 Å². The molecule has 1 fully saturated rings. The molecule has 1 aliphatic rings. The van der Waals surface area contributed by atoms with Crippen molar-refractivity contribution in [3.8, 4) is 0 Å². The summed E-state index contributed by atoms with van der Waals surface area (Å²) in [7, 11) is 0. The summed E-state index contributed by atoms with van der Waals surface area (Å²) in [5, 5.41) is 3.72. The summed E-state index contributed by atoms with van der Waals surface area (Å²) in [5.74, 6) is 0.851. The number of nitrogens with one attached hydrogen (secondary N) is 1. The van der Waals surface area contributed by atoms with Gasteiger partial charge in [-0.3, -0.25) is 0 Å². The number of hydrogen-bond donors (Lipinski definition) is 1. The zero-order valence-corrected chi connectivity index (χ0v) is 11.9. The zero-order valence-electron chi connectivity index (χ0n) is 11.9. The van der Waals surface area contributed by atoms with E-state index in [1.54, 1.807) is 0 Å². The number of benzene rings is 1. The molecule has 0 aromatic heterocycles. The second kappa shape index (κ2) is 6.94. The maximum atomic E-state index is 3.72. The molecule has 0 saturated heterocycles. The van der Waals surface area contributed by atoms with Crippen LogP contribution in [0.2, 0.25) is 0 Å². The maximum Gasteiger partial charge on any atom is 0.00985 e. The lowest BCUT2D eigenvalue weighted by molar-refractivity contribution is 0.399. The molecule has 100 valence electrons. The number of hydrogen-bond acceptors (Lipinski definition) is 1. The summed E-state index contributed by atoms with van der Waals surface area (Å²) in [6.07, 6.45) is 7.82. The van der Waals surface area contributed by atoms with Crippen molar-refractivity contribution in [3.63, 3.8) is 0 Å². The summed E-state index contributed by atoms with van der Waals surface area (Å²) in [6, 6.07) is 10.00. The van der Waals surface area contributed by atoms with Gasteiger partial charge < -0.3 is 5.32 Å². The molecule has 1 aromatic carbocycles. The first kappa shape index (κ1) is 13.6. The molecular formula is C17H27N. The van der Waals surface area contributed by atoms with E-state index in [0.29, 0.717) is 0 Å². The van der Waals surface area contributed by atoms with Crippen LogP contribution in [0.25, 0.3) is 0 Å². The van der Waals surface area contributed by atoms with E-state index in [9.17, 15) is 0 Å². The van der Waals surface area contributed by atoms with Gasteiger partial charge in [0, 0.05) is 6.04 Å². The highest BCUT2D eigenvalue weighted by molar-refractivity contribution is 5.23. The molecule has 0 bridgehead atoms. The van der Waals surface area contributed by atoms with Crippen LogP contribution in [0.5, 0.6) is 0 Å². The minimum absolute atomic E-state index is 0.760. The molecule has 0 spiro atoms. The third-order valence-corrected chi connectivity index (χ3v) is 4.24. The van der Waals surface area contributed by atoms with Crippen LogP contribution in [-0.4, -0.2) is 12.6 Å². The molecule has 2 unspecified atom stereocenters. The monoisotopic (exact) mass is 245 g/mol. The van der Waals surface area contributed by atoms with Gasteiger partial charge >= 0.3 is 0 Å². The van der Waals surface area contributed by atoms with E-state index in [4.69, 9.17) is 0 Å². The fourth-order valence-corrected chi connectivity index (χ4v) is 3.09. The van der Waals surface area contributed by atoms with Crippen molar-refractivity contribution in [2.24, 2.45) is 5.92 Å².